The van der Waals surface area contributed by atoms with Crippen LogP contribution >= 0.6 is 15.9 Å². The number of hydrogen-bond acceptors (Lipinski definition) is 8. The fourth-order valence-electron chi connectivity index (χ4n) is 3.80. The van der Waals surface area contributed by atoms with Crippen LogP contribution in [0.3, 0.4) is 0 Å². The van der Waals surface area contributed by atoms with Gasteiger partial charge in [0, 0.05) is 37.8 Å². The van der Waals surface area contributed by atoms with E-state index in [0.717, 1.165) is 0 Å². The Kier molecular flexibility index (Phi) is 5.95. The zero-order valence-corrected chi connectivity index (χ0v) is 20.3. The van der Waals surface area contributed by atoms with Gasteiger partial charge in [-0.3, -0.25) is 10.1 Å². The van der Waals surface area contributed by atoms with Gasteiger partial charge in [-0.1, -0.05) is 6.07 Å². The number of halogens is 1. The fraction of sp³-hybridized carbons (Fsp3) is 0.429. The zero-order chi connectivity index (χ0) is 23.9. The van der Waals surface area contributed by atoms with E-state index in [1.54, 1.807) is 21.7 Å². The van der Waals surface area contributed by atoms with Crippen molar-refractivity contribution in [2.45, 2.75) is 39.3 Å². The van der Waals surface area contributed by atoms with Crippen molar-refractivity contribution in [3.8, 4) is 5.69 Å². The summed E-state index contributed by atoms with van der Waals surface area (Å²) in [7, 11) is 0. The van der Waals surface area contributed by atoms with Gasteiger partial charge in [0.1, 0.15) is 22.3 Å². The maximum Gasteiger partial charge on any atom is 0.410 e. The quantitative estimate of drug-likeness (QED) is 0.378. The number of hydrogen-bond donors (Lipinski definition) is 0. The summed E-state index contributed by atoms with van der Waals surface area (Å²) in [5.41, 5.74) is 0.456. The smallest absolute Gasteiger partial charge is 0.410 e. The summed E-state index contributed by atoms with van der Waals surface area (Å²) in [6, 6.07) is 6.18. The molecule has 0 saturated carbocycles. The highest BCUT2D eigenvalue weighted by Gasteiger charge is 2.32. The summed E-state index contributed by atoms with van der Waals surface area (Å²) in [6.45, 7) is 9.08. The average Bonchev–Trinajstić information content (AvgIpc) is 3.09. The number of nitro groups is 1. The molecule has 0 radical (unpaired) electrons. The molecule has 3 heterocycles. The molecule has 11 nitrogen and oxygen atoms in total. The number of non-ortho nitro benzene ring substituents is 1. The number of ether oxygens (including phenoxy) is 1. The van der Waals surface area contributed by atoms with Crippen LogP contribution in [-0.2, 0) is 4.74 Å². The van der Waals surface area contributed by atoms with E-state index >= 15 is 0 Å². The van der Waals surface area contributed by atoms with E-state index in [9.17, 15) is 14.9 Å². The van der Waals surface area contributed by atoms with Crippen LogP contribution in [0.4, 0.5) is 16.3 Å². The minimum absolute atomic E-state index is 0.0302. The van der Waals surface area contributed by atoms with Gasteiger partial charge < -0.3 is 14.5 Å². The van der Waals surface area contributed by atoms with Gasteiger partial charge in [0.2, 0.25) is 0 Å². The molecule has 12 heteroatoms. The zero-order valence-electron chi connectivity index (χ0n) is 18.7. The summed E-state index contributed by atoms with van der Waals surface area (Å²) < 4.78 is 7.59. The molecule has 0 aliphatic carbocycles. The number of anilines is 1. The third kappa shape index (κ3) is 4.61. The number of nitrogens with zero attached hydrogens (tertiary/aromatic N) is 7. The van der Waals surface area contributed by atoms with E-state index in [2.05, 4.69) is 35.9 Å². The average molecular weight is 518 g/mol. The maximum absolute atomic E-state index is 12.5. The molecule has 0 unspecified atom stereocenters. The highest BCUT2D eigenvalue weighted by Crippen LogP contribution is 2.33. The monoisotopic (exact) mass is 517 g/mol. The lowest BCUT2D eigenvalue weighted by Crippen LogP contribution is -2.54. The number of carbonyl (C=O) groups excluding carboxylic acids is 1. The first-order valence-corrected chi connectivity index (χ1v) is 11.2. The van der Waals surface area contributed by atoms with Gasteiger partial charge in [-0.2, -0.15) is 5.10 Å². The Bertz CT molecular complexity index is 1220. The van der Waals surface area contributed by atoms with E-state index in [1.807, 2.05) is 27.7 Å². The lowest BCUT2D eigenvalue weighted by Gasteiger charge is -2.40. The van der Waals surface area contributed by atoms with Crippen molar-refractivity contribution in [3.63, 3.8) is 0 Å². The van der Waals surface area contributed by atoms with Crippen molar-refractivity contribution in [2.75, 3.05) is 24.5 Å². The molecule has 1 aliphatic rings. The highest BCUT2D eigenvalue weighted by molar-refractivity contribution is 9.10. The first-order valence-electron chi connectivity index (χ1n) is 10.4. The molecule has 0 bridgehead atoms. The molecule has 3 aromatic rings. The van der Waals surface area contributed by atoms with Crippen molar-refractivity contribution in [2.24, 2.45) is 0 Å². The van der Waals surface area contributed by atoms with Crippen molar-refractivity contribution in [1.29, 1.82) is 0 Å². The topological polar surface area (TPSA) is 120 Å². The summed E-state index contributed by atoms with van der Waals surface area (Å²) >= 11 is 3.51. The van der Waals surface area contributed by atoms with E-state index in [1.165, 1.54) is 18.5 Å². The van der Waals surface area contributed by atoms with E-state index < -0.39 is 10.5 Å². The number of carbonyl (C=O) groups is 1. The Morgan fingerprint density at radius 2 is 2.03 bits per heavy atom. The standard InChI is InChI=1S/C21H24BrN7O4/c1-13-11-26(20(30)33-21(2,3)4)8-9-27(13)18-16-17(22)25-28(19(16)24-12-23-18)14-6-5-7-15(10-14)29(31)32/h5-7,10,12-13H,8-9,11H2,1-4H3/t13-/m0/s1. The molecular formula is C21H24BrN7O4. The molecule has 1 atom stereocenters. The second-order valence-electron chi connectivity index (χ2n) is 8.84. The van der Waals surface area contributed by atoms with Gasteiger partial charge >= 0.3 is 6.09 Å². The van der Waals surface area contributed by atoms with Crippen LogP contribution in [-0.4, -0.2) is 66.9 Å². The fourth-order valence-corrected chi connectivity index (χ4v) is 4.31. The van der Waals surface area contributed by atoms with Gasteiger partial charge in [-0.15, -0.1) is 0 Å². The van der Waals surface area contributed by atoms with Crippen molar-refractivity contribution in [1.82, 2.24) is 24.6 Å². The van der Waals surface area contributed by atoms with Gasteiger partial charge in [0.25, 0.3) is 5.69 Å². The number of rotatable bonds is 3. The SMILES string of the molecule is C[C@H]1CN(C(=O)OC(C)(C)C)CCN1c1ncnc2c1c(Br)nn2-c1cccc([N+](=O)[O-])c1. The number of benzene rings is 1. The number of piperazine rings is 1. The Balaban J connectivity index is 1.66. The second kappa shape index (κ2) is 8.58. The third-order valence-corrected chi connectivity index (χ3v) is 5.79. The highest BCUT2D eigenvalue weighted by atomic mass is 79.9. The van der Waals surface area contributed by atoms with Gasteiger partial charge in [0.15, 0.2) is 5.65 Å². The number of amides is 1. The predicted octanol–water partition coefficient (Wildman–Crippen LogP) is 3.93. The molecule has 1 fully saturated rings. The van der Waals surface area contributed by atoms with E-state index in [-0.39, 0.29) is 17.8 Å². The maximum atomic E-state index is 12.5. The molecule has 1 aliphatic heterocycles. The van der Waals surface area contributed by atoms with E-state index in [4.69, 9.17) is 4.74 Å². The first-order chi connectivity index (χ1) is 15.5. The van der Waals surface area contributed by atoms with Gasteiger partial charge in [-0.05, 0) is 49.7 Å². The van der Waals surface area contributed by atoms with Crippen molar-refractivity contribution >= 4 is 44.6 Å². The van der Waals surface area contributed by atoms with Crippen LogP contribution in [0.1, 0.15) is 27.7 Å². The molecule has 1 amide bonds. The minimum Gasteiger partial charge on any atom is -0.444 e. The lowest BCUT2D eigenvalue weighted by molar-refractivity contribution is -0.384. The Morgan fingerprint density at radius 1 is 1.27 bits per heavy atom. The Morgan fingerprint density at radius 3 is 2.70 bits per heavy atom. The normalized spacial score (nSPS) is 16.8. The molecule has 2 aromatic heterocycles. The third-order valence-electron chi connectivity index (χ3n) is 5.24. The number of nitro benzene ring substituents is 1. The number of aromatic nitrogens is 4. The van der Waals surface area contributed by atoms with Gasteiger partial charge in [0.05, 0.1) is 16.0 Å². The summed E-state index contributed by atoms with van der Waals surface area (Å²) in [5, 5.41) is 16.4. The predicted molar refractivity (Wildman–Crippen MR) is 126 cm³/mol. The van der Waals surface area contributed by atoms with Gasteiger partial charge in [-0.25, -0.2) is 19.4 Å². The second-order valence-corrected chi connectivity index (χ2v) is 9.60. The molecular weight excluding hydrogens is 494 g/mol. The van der Waals surface area contributed by atoms with Crippen molar-refractivity contribution in [3.05, 3.63) is 45.3 Å². The number of fused-ring (bicyclic) bond motifs is 1. The van der Waals surface area contributed by atoms with Crippen LogP contribution in [0.5, 0.6) is 0 Å². The van der Waals surface area contributed by atoms with Crippen molar-refractivity contribution < 1.29 is 14.5 Å². The summed E-state index contributed by atoms with van der Waals surface area (Å²) in [4.78, 5) is 36.0. The minimum atomic E-state index is -0.553. The van der Waals surface area contributed by atoms with Crippen LogP contribution in [0, 0.1) is 10.1 Å². The summed E-state index contributed by atoms with van der Waals surface area (Å²) in [5.74, 6) is 0.680. The summed E-state index contributed by atoms with van der Waals surface area (Å²) in [6.07, 6.45) is 1.12. The molecule has 1 saturated heterocycles. The first kappa shape index (κ1) is 22.9. The van der Waals surface area contributed by atoms with Crippen LogP contribution in [0.15, 0.2) is 35.2 Å². The van der Waals surface area contributed by atoms with Crippen LogP contribution in [0.25, 0.3) is 16.7 Å². The van der Waals surface area contributed by atoms with Crippen LogP contribution < -0.4 is 4.90 Å². The lowest BCUT2D eigenvalue weighted by atomic mass is 10.1. The molecule has 0 spiro atoms. The molecule has 33 heavy (non-hydrogen) atoms. The van der Waals surface area contributed by atoms with Crippen LogP contribution in [0.2, 0.25) is 0 Å². The molecule has 1 aromatic carbocycles. The van der Waals surface area contributed by atoms with E-state index in [0.29, 0.717) is 46.8 Å². The molecule has 0 N–H and O–H groups in total. The Hall–Kier alpha value is -3.28. The Labute approximate surface area is 198 Å². The largest absolute Gasteiger partial charge is 0.444 e. The molecule has 174 valence electrons. The molecule has 4 rings (SSSR count).